The third kappa shape index (κ3) is 7.47. The van der Waals surface area contributed by atoms with E-state index in [1.165, 1.54) is 23.1 Å². The number of carbonyl (C=O) groups is 2. The van der Waals surface area contributed by atoms with E-state index in [2.05, 4.69) is 5.32 Å². The molecule has 0 aliphatic carbocycles. The summed E-state index contributed by atoms with van der Waals surface area (Å²) in [4.78, 5) is 28.3. The first-order valence-corrected chi connectivity index (χ1v) is 14.7. The van der Waals surface area contributed by atoms with Gasteiger partial charge in [-0.2, -0.15) is 0 Å². The van der Waals surface area contributed by atoms with Crippen molar-refractivity contribution in [2.24, 2.45) is 5.92 Å². The van der Waals surface area contributed by atoms with Gasteiger partial charge < -0.3 is 10.2 Å². The number of nitrogens with one attached hydrogen (secondary N) is 1. The van der Waals surface area contributed by atoms with E-state index in [-0.39, 0.29) is 22.9 Å². The van der Waals surface area contributed by atoms with Crippen LogP contribution in [0.2, 0.25) is 0 Å². The Kier molecular flexibility index (Phi) is 10.1. The maximum Gasteiger partial charge on any atom is 0.264 e. The van der Waals surface area contributed by atoms with Crippen LogP contribution in [0.5, 0.6) is 0 Å². The van der Waals surface area contributed by atoms with Crippen molar-refractivity contribution in [1.82, 2.24) is 10.2 Å². The first kappa shape index (κ1) is 30.8. The van der Waals surface area contributed by atoms with Crippen LogP contribution in [-0.2, 0) is 26.2 Å². The molecule has 3 rings (SSSR count). The monoisotopic (exact) mass is 567 g/mol. The molecular formula is C31H38FN3O4S. The fourth-order valence-corrected chi connectivity index (χ4v) is 5.65. The van der Waals surface area contributed by atoms with Crippen molar-refractivity contribution in [2.45, 2.75) is 59.0 Å². The number of nitrogens with zero attached hydrogens (tertiary/aromatic N) is 2. The van der Waals surface area contributed by atoms with Crippen LogP contribution in [-0.4, -0.2) is 44.3 Å². The van der Waals surface area contributed by atoms with Crippen molar-refractivity contribution in [3.8, 4) is 0 Å². The van der Waals surface area contributed by atoms with Gasteiger partial charge in [0, 0.05) is 18.7 Å². The molecule has 3 aromatic rings. The van der Waals surface area contributed by atoms with Gasteiger partial charge >= 0.3 is 0 Å². The number of aryl methyl sites for hydroxylation is 3. The minimum Gasteiger partial charge on any atom is -0.354 e. The second kappa shape index (κ2) is 13.1. The molecule has 0 aliphatic rings. The van der Waals surface area contributed by atoms with Gasteiger partial charge in [0.2, 0.25) is 11.8 Å². The van der Waals surface area contributed by atoms with Crippen molar-refractivity contribution in [3.05, 3.63) is 94.8 Å². The molecule has 0 aromatic heterocycles. The van der Waals surface area contributed by atoms with Crippen LogP contribution >= 0.6 is 0 Å². The van der Waals surface area contributed by atoms with Crippen molar-refractivity contribution in [2.75, 3.05) is 17.4 Å². The van der Waals surface area contributed by atoms with E-state index in [1.54, 1.807) is 56.3 Å². The Hall–Kier alpha value is -3.72. The summed E-state index contributed by atoms with van der Waals surface area (Å²) >= 11 is 0. The summed E-state index contributed by atoms with van der Waals surface area (Å²) in [6, 6.07) is 16.8. The second-order valence-electron chi connectivity index (χ2n) is 10.5. The van der Waals surface area contributed by atoms with Gasteiger partial charge in [0.25, 0.3) is 10.0 Å². The fourth-order valence-electron chi connectivity index (χ4n) is 4.18. The predicted octanol–water partition coefficient (Wildman–Crippen LogP) is 5.14. The lowest BCUT2D eigenvalue weighted by atomic mass is 10.1. The Balaban J connectivity index is 2.07. The normalized spacial score (nSPS) is 12.2. The standard InChI is InChI=1S/C31H38FN3O4S/c1-21(2)18-33-31(37)25(6)34(19-26-9-7-8-10-28(26)32)30(36)20-35(29-17-23(4)11-14-24(29)5)40(38,39)27-15-12-22(3)13-16-27/h7-17,21,25H,18-20H2,1-6H3,(H,33,37)/t25-/m0/s1. The number of carbonyl (C=O) groups excluding carboxylic acids is 2. The molecule has 3 aromatic carbocycles. The van der Waals surface area contributed by atoms with Gasteiger partial charge in [-0.3, -0.25) is 13.9 Å². The zero-order valence-corrected chi connectivity index (χ0v) is 24.8. The number of sulfonamides is 1. The summed E-state index contributed by atoms with van der Waals surface area (Å²) < 4.78 is 43.7. The lowest BCUT2D eigenvalue weighted by Gasteiger charge is -2.32. The van der Waals surface area contributed by atoms with E-state index in [0.717, 1.165) is 15.4 Å². The number of anilines is 1. The average Bonchev–Trinajstić information content (AvgIpc) is 2.91. The molecule has 0 saturated heterocycles. The van der Waals surface area contributed by atoms with Crippen LogP contribution in [0.3, 0.4) is 0 Å². The molecule has 0 heterocycles. The van der Waals surface area contributed by atoms with E-state index < -0.39 is 40.2 Å². The van der Waals surface area contributed by atoms with E-state index in [0.29, 0.717) is 17.8 Å². The molecule has 0 unspecified atom stereocenters. The van der Waals surface area contributed by atoms with Crippen molar-refractivity contribution >= 4 is 27.5 Å². The van der Waals surface area contributed by atoms with Crippen LogP contribution < -0.4 is 9.62 Å². The highest BCUT2D eigenvalue weighted by molar-refractivity contribution is 7.92. The summed E-state index contributed by atoms with van der Waals surface area (Å²) in [7, 11) is -4.18. The van der Waals surface area contributed by atoms with Gasteiger partial charge in [0.05, 0.1) is 10.6 Å². The number of benzene rings is 3. The number of hydrogen-bond acceptors (Lipinski definition) is 4. The van der Waals surface area contributed by atoms with Crippen LogP contribution in [0.1, 0.15) is 43.0 Å². The lowest BCUT2D eigenvalue weighted by Crippen LogP contribution is -2.51. The van der Waals surface area contributed by atoms with Crippen molar-refractivity contribution < 1.29 is 22.4 Å². The second-order valence-corrected chi connectivity index (χ2v) is 12.4. The average molecular weight is 568 g/mol. The Morgan fingerprint density at radius 1 is 0.900 bits per heavy atom. The van der Waals surface area contributed by atoms with Gasteiger partial charge in [0.1, 0.15) is 18.4 Å². The van der Waals surface area contributed by atoms with E-state index >= 15 is 0 Å². The number of halogens is 1. The molecule has 2 amide bonds. The minimum absolute atomic E-state index is 0.0372. The minimum atomic E-state index is -4.18. The van der Waals surface area contributed by atoms with Crippen LogP contribution in [0, 0.1) is 32.5 Å². The third-order valence-corrected chi connectivity index (χ3v) is 8.45. The zero-order valence-electron chi connectivity index (χ0n) is 23.9. The van der Waals surface area contributed by atoms with Gasteiger partial charge in [-0.05, 0) is 69.0 Å². The highest BCUT2D eigenvalue weighted by Crippen LogP contribution is 2.29. The molecule has 1 atom stereocenters. The summed E-state index contributed by atoms with van der Waals surface area (Å²) in [5.74, 6) is -1.37. The molecule has 1 N–H and O–H groups in total. The lowest BCUT2D eigenvalue weighted by molar-refractivity contribution is -0.139. The van der Waals surface area contributed by atoms with Gasteiger partial charge in [0.15, 0.2) is 0 Å². The van der Waals surface area contributed by atoms with Crippen molar-refractivity contribution in [1.29, 1.82) is 0 Å². The summed E-state index contributed by atoms with van der Waals surface area (Å²) in [5.41, 5.74) is 2.96. The maximum atomic E-state index is 14.7. The molecule has 0 bridgehead atoms. The van der Waals surface area contributed by atoms with E-state index in [1.807, 2.05) is 33.8 Å². The molecule has 0 spiro atoms. The first-order chi connectivity index (χ1) is 18.8. The highest BCUT2D eigenvalue weighted by Gasteiger charge is 2.33. The quantitative estimate of drug-likeness (QED) is 0.348. The molecule has 214 valence electrons. The van der Waals surface area contributed by atoms with Crippen molar-refractivity contribution in [3.63, 3.8) is 0 Å². The van der Waals surface area contributed by atoms with Crippen LogP contribution in [0.15, 0.2) is 71.6 Å². The van der Waals surface area contributed by atoms with E-state index in [9.17, 15) is 22.4 Å². The molecule has 40 heavy (non-hydrogen) atoms. The van der Waals surface area contributed by atoms with Gasteiger partial charge in [-0.15, -0.1) is 0 Å². The predicted molar refractivity (Wildman–Crippen MR) is 156 cm³/mol. The van der Waals surface area contributed by atoms with Crippen LogP contribution in [0.25, 0.3) is 0 Å². The number of amides is 2. The summed E-state index contributed by atoms with van der Waals surface area (Å²) in [6.07, 6.45) is 0. The summed E-state index contributed by atoms with van der Waals surface area (Å²) in [5, 5.41) is 2.82. The topological polar surface area (TPSA) is 86.8 Å². The molecule has 0 fully saturated rings. The van der Waals surface area contributed by atoms with Crippen LogP contribution in [0.4, 0.5) is 10.1 Å². The molecule has 7 nitrogen and oxygen atoms in total. The molecular weight excluding hydrogens is 529 g/mol. The molecule has 0 saturated carbocycles. The van der Waals surface area contributed by atoms with Gasteiger partial charge in [-0.25, -0.2) is 12.8 Å². The molecule has 9 heteroatoms. The summed E-state index contributed by atoms with van der Waals surface area (Å²) in [6.45, 7) is 10.6. The Bertz CT molecular complexity index is 1460. The molecule has 0 radical (unpaired) electrons. The number of rotatable bonds is 11. The third-order valence-electron chi connectivity index (χ3n) is 6.67. The maximum absolute atomic E-state index is 14.7. The largest absolute Gasteiger partial charge is 0.354 e. The SMILES string of the molecule is Cc1ccc(S(=O)(=O)N(CC(=O)N(Cc2ccccc2F)[C@@H](C)C(=O)NCC(C)C)c2cc(C)ccc2C)cc1. The first-order valence-electron chi connectivity index (χ1n) is 13.3. The zero-order chi connectivity index (χ0) is 29.6. The Morgan fingerprint density at radius 3 is 2.15 bits per heavy atom. The Morgan fingerprint density at radius 2 is 1.52 bits per heavy atom. The highest BCUT2D eigenvalue weighted by atomic mass is 32.2. The van der Waals surface area contributed by atoms with Gasteiger partial charge in [-0.1, -0.05) is 61.9 Å². The number of hydrogen-bond donors (Lipinski definition) is 1. The Labute approximate surface area is 237 Å². The smallest absolute Gasteiger partial charge is 0.264 e. The van der Waals surface area contributed by atoms with E-state index in [4.69, 9.17) is 0 Å². The molecule has 0 aliphatic heterocycles. The fraction of sp³-hybridized carbons (Fsp3) is 0.355.